The second kappa shape index (κ2) is 9.23. The molecular weight excluding hydrogens is 312 g/mol. The monoisotopic (exact) mass is 340 g/mol. The first-order valence-electron chi connectivity index (χ1n) is 8.80. The summed E-state index contributed by atoms with van der Waals surface area (Å²) in [6, 6.07) is 12.0. The van der Waals surface area contributed by atoms with Crippen molar-refractivity contribution >= 4 is 11.6 Å². The molecule has 0 aliphatic heterocycles. The molecule has 0 saturated heterocycles. The Labute approximate surface area is 150 Å². The standard InChI is InChI=1S/C21H28N2O2/c1-5-22-14-18-8-6-7-9-19(18)23-21(24)10-11-25-20-13-15(2)12-16(3)17(20)4/h6-9,12-13,22H,5,10-11,14H2,1-4H3,(H,23,24). The van der Waals surface area contributed by atoms with Crippen LogP contribution in [-0.4, -0.2) is 19.1 Å². The highest BCUT2D eigenvalue weighted by atomic mass is 16.5. The Morgan fingerprint density at radius 1 is 1.12 bits per heavy atom. The number of aryl methyl sites for hydroxylation is 2. The number of anilines is 1. The summed E-state index contributed by atoms with van der Waals surface area (Å²) < 4.78 is 5.83. The summed E-state index contributed by atoms with van der Waals surface area (Å²) in [4.78, 5) is 12.2. The van der Waals surface area contributed by atoms with E-state index in [2.05, 4.69) is 30.5 Å². The molecule has 0 bridgehead atoms. The number of ether oxygens (including phenoxy) is 1. The minimum atomic E-state index is -0.0361. The molecule has 0 aliphatic carbocycles. The van der Waals surface area contributed by atoms with E-state index >= 15 is 0 Å². The van der Waals surface area contributed by atoms with Gasteiger partial charge in [-0.25, -0.2) is 0 Å². The topological polar surface area (TPSA) is 50.4 Å². The number of hydrogen-bond acceptors (Lipinski definition) is 3. The van der Waals surface area contributed by atoms with E-state index in [9.17, 15) is 4.79 Å². The van der Waals surface area contributed by atoms with Gasteiger partial charge in [-0.2, -0.15) is 0 Å². The van der Waals surface area contributed by atoms with Crippen LogP contribution in [0, 0.1) is 20.8 Å². The van der Waals surface area contributed by atoms with Crippen molar-refractivity contribution in [3.63, 3.8) is 0 Å². The first-order chi connectivity index (χ1) is 12.0. The molecular formula is C21H28N2O2. The van der Waals surface area contributed by atoms with Crippen molar-refractivity contribution < 1.29 is 9.53 Å². The van der Waals surface area contributed by atoms with Gasteiger partial charge in [-0.05, 0) is 61.7 Å². The Morgan fingerprint density at radius 2 is 1.88 bits per heavy atom. The van der Waals surface area contributed by atoms with Gasteiger partial charge in [0, 0.05) is 12.2 Å². The fourth-order valence-electron chi connectivity index (χ4n) is 2.67. The van der Waals surface area contributed by atoms with Gasteiger partial charge in [0.05, 0.1) is 13.0 Å². The molecule has 0 spiro atoms. The van der Waals surface area contributed by atoms with Crippen LogP contribution >= 0.6 is 0 Å². The van der Waals surface area contributed by atoms with Crippen molar-refractivity contribution in [2.45, 2.75) is 40.7 Å². The van der Waals surface area contributed by atoms with E-state index in [1.807, 2.05) is 44.2 Å². The van der Waals surface area contributed by atoms with Crippen LogP contribution in [0.15, 0.2) is 36.4 Å². The highest BCUT2D eigenvalue weighted by Crippen LogP contribution is 2.23. The second-order valence-corrected chi connectivity index (χ2v) is 6.29. The lowest BCUT2D eigenvalue weighted by molar-refractivity contribution is -0.116. The normalized spacial score (nSPS) is 10.6. The zero-order chi connectivity index (χ0) is 18.2. The third-order valence-electron chi connectivity index (χ3n) is 4.21. The molecule has 2 aromatic rings. The molecule has 0 aliphatic rings. The minimum absolute atomic E-state index is 0.0361. The van der Waals surface area contributed by atoms with Gasteiger partial charge in [-0.15, -0.1) is 0 Å². The Hall–Kier alpha value is -2.33. The number of amides is 1. The Kier molecular flexibility index (Phi) is 7.02. The third kappa shape index (κ3) is 5.61. The Balaban J connectivity index is 1.90. The number of para-hydroxylation sites is 1. The lowest BCUT2D eigenvalue weighted by atomic mass is 10.1. The summed E-state index contributed by atoms with van der Waals surface area (Å²) in [5.41, 5.74) is 5.44. The predicted octanol–water partition coefficient (Wildman–Crippen LogP) is 4.13. The Bertz CT molecular complexity index is 726. The first-order valence-corrected chi connectivity index (χ1v) is 8.80. The van der Waals surface area contributed by atoms with Crippen LogP contribution in [0.1, 0.15) is 35.6 Å². The zero-order valence-corrected chi connectivity index (χ0v) is 15.6. The highest BCUT2D eigenvalue weighted by molar-refractivity contribution is 5.91. The van der Waals surface area contributed by atoms with E-state index in [4.69, 9.17) is 4.74 Å². The number of carbonyl (C=O) groups excluding carboxylic acids is 1. The van der Waals surface area contributed by atoms with Crippen molar-refractivity contribution in [2.24, 2.45) is 0 Å². The maximum atomic E-state index is 12.2. The molecule has 1 amide bonds. The maximum Gasteiger partial charge on any atom is 0.227 e. The molecule has 0 atom stereocenters. The fourth-order valence-corrected chi connectivity index (χ4v) is 2.67. The van der Waals surface area contributed by atoms with Gasteiger partial charge >= 0.3 is 0 Å². The molecule has 0 saturated carbocycles. The largest absolute Gasteiger partial charge is 0.493 e. The smallest absolute Gasteiger partial charge is 0.227 e. The number of hydrogen-bond donors (Lipinski definition) is 2. The summed E-state index contributed by atoms with van der Waals surface area (Å²) in [5, 5.41) is 6.27. The quantitative estimate of drug-likeness (QED) is 0.760. The van der Waals surface area contributed by atoms with Gasteiger partial charge in [0.2, 0.25) is 5.91 Å². The summed E-state index contributed by atoms with van der Waals surface area (Å²) in [6.45, 7) is 10.2. The van der Waals surface area contributed by atoms with Gasteiger partial charge in [0.15, 0.2) is 0 Å². The lowest BCUT2D eigenvalue weighted by Gasteiger charge is -2.13. The molecule has 2 aromatic carbocycles. The fraction of sp³-hybridized carbons (Fsp3) is 0.381. The van der Waals surface area contributed by atoms with Crippen LogP contribution in [0.5, 0.6) is 5.75 Å². The van der Waals surface area contributed by atoms with Crippen LogP contribution in [0.25, 0.3) is 0 Å². The van der Waals surface area contributed by atoms with Crippen LogP contribution in [0.3, 0.4) is 0 Å². The molecule has 2 rings (SSSR count). The van der Waals surface area contributed by atoms with E-state index in [1.54, 1.807) is 0 Å². The average Bonchev–Trinajstić information content (AvgIpc) is 2.58. The molecule has 4 nitrogen and oxygen atoms in total. The van der Waals surface area contributed by atoms with E-state index < -0.39 is 0 Å². The van der Waals surface area contributed by atoms with Gasteiger partial charge in [0.1, 0.15) is 5.75 Å². The predicted molar refractivity (Wildman–Crippen MR) is 103 cm³/mol. The molecule has 25 heavy (non-hydrogen) atoms. The highest BCUT2D eigenvalue weighted by Gasteiger charge is 2.08. The van der Waals surface area contributed by atoms with Crippen molar-refractivity contribution in [3.8, 4) is 5.75 Å². The molecule has 2 N–H and O–H groups in total. The average molecular weight is 340 g/mol. The summed E-state index contributed by atoms with van der Waals surface area (Å²) in [6.07, 6.45) is 0.321. The third-order valence-corrected chi connectivity index (χ3v) is 4.21. The van der Waals surface area contributed by atoms with Gasteiger partial charge < -0.3 is 15.4 Å². The van der Waals surface area contributed by atoms with Crippen molar-refractivity contribution in [1.82, 2.24) is 5.32 Å². The SMILES string of the molecule is CCNCc1ccccc1NC(=O)CCOc1cc(C)cc(C)c1C. The van der Waals surface area contributed by atoms with E-state index in [0.717, 1.165) is 35.7 Å². The lowest BCUT2D eigenvalue weighted by Crippen LogP contribution is -2.18. The molecule has 0 fully saturated rings. The van der Waals surface area contributed by atoms with Crippen LogP contribution in [-0.2, 0) is 11.3 Å². The van der Waals surface area contributed by atoms with E-state index in [1.165, 1.54) is 11.1 Å². The first kappa shape index (κ1) is 19.0. The number of rotatable bonds is 8. The van der Waals surface area contributed by atoms with Crippen molar-refractivity contribution in [1.29, 1.82) is 0 Å². The zero-order valence-electron chi connectivity index (χ0n) is 15.6. The number of carbonyl (C=O) groups is 1. The van der Waals surface area contributed by atoms with Gasteiger partial charge in [0.25, 0.3) is 0 Å². The van der Waals surface area contributed by atoms with Crippen LogP contribution in [0.4, 0.5) is 5.69 Å². The molecule has 0 unspecified atom stereocenters. The second-order valence-electron chi connectivity index (χ2n) is 6.29. The minimum Gasteiger partial charge on any atom is -0.493 e. The Morgan fingerprint density at radius 3 is 2.64 bits per heavy atom. The van der Waals surface area contributed by atoms with Gasteiger partial charge in [-0.1, -0.05) is 31.2 Å². The summed E-state index contributed by atoms with van der Waals surface area (Å²) in [5.74, 6) is 0.823. The van der Waals surface area contributed by atoms with E-state index in [-0.39, 0.29) is 5.91 Å². The number of benzene rings is 2. The molecule has 0 radical (unpaired) electrons. The molecule has 134 valence electrons. The van der Waals surface area contributed by atoms with Crippen molar-refractivity contribution in [2.75, 3.05) is 18.5 Å². The molecule has 0 aromatic heterocycles. The van der Waals surface area contributed by atoms with Gasteiger partial charge in [-0.3, -0.25) is 4.79 Å². The molecule has 0 heterocycles. The number of nitrogens with one attached hydrogen (secondary N) is 2. The van der Waals surface area contributed by atoms with Crippen molar-refractivity contribution in [3.05, 3.63) is 58.7 Å². The maximum absolute atomic E-state index is 12.2. The summed E-state index contributed by atoms with van der Waals surface area (Å²) >= 11 is 0. The summed E-state index contributed by atoms with van der Waals surface area (Å²) in [7, 11) is 0. The molecule has 4 heteroatoms. The van der Waals surface area contributed by atoms with Crippen LogP contribution < -0.4 is 15.4 Å². The van der Waals surface area contributed by atoms with E-state index in [0.29, 0.717) is 13.0 Å². The van der Waals surface area contributed by atoms with Crippen LogP contribution in [0.2, 0.25) is 0 Å².